The number of aliphatic hydroxyl groups is 1. The van der Waals surface area contributed by atoms with Crippen LogP contribution >= 0.6 is 0 Å². The Morgan fingerprint density at radius 2 is 2.05 bits per heavy atom. The highest BCUT2D eigenvalue weighted by molar-refractivity contribution is 7.90. The van der Waals surface area contributed by atoms with Crippen LogP contribution < -0.4 is 5.32 Å². The molecule has 112 valence electrons. The lowest BCUT2D eigenvalue weighted by Gasteiger charge is -2.13. The quantitative estimate of drug-likeness (QED) is 0.825. The molecule has 1 unspecified atom stereocenters. The van der Waals surface area contributed by atoms with Gasteiger partial charge in [0, 0.05) is 25.0 Å². The van der Waals surface area contributed by atoms with Crippen LogP contribution in [0, 0.1) is 12.8 Å². The van der Waals surface area contributed by atoms with E-state index in [9.17, 15) is 13.2 Å². The van der Waals surface area contributed by atoms with E-state index in [1.165, 1.54) is 12.1 Å². The fourth-order valence-corrected chi connectivity index (χ4v) is 2.41. The molecule has 0 fully saturated rings. The Hall–Kier alpha value is -1.40. The number of rotatable bonds is 6. The van der Waals surface area contributed by atoms with Gasteiger partial charge in [-0.2, -0.15) is 0 Å². The lowest BCUT2D eigenvalue weighted by Crippen LogP contribution is -2.29. The van der Waals surface area contributed by atoms with Gasteiger partial charge in [-0.25, -0.2) is 8.42 Å². The van der Waals surface area contributed by atoms with Crippen molar-refractivity contribution in [3.8, 4) is 0 Å². The van der Waals surface area contributed by atoms with E-state index in [4.69, 9.17) is 5.11 Å². The van der Waals surface area contributed by atoms with Crippen LogP contribution in [0.15, 0.2) is 23.1 Å². The molecule has 1 aromatic carbocycles. The number of benzene rings is 1. The Kier molecular flexibility index (Phi) is 5.71. The molecule has 1 atom stereocenters. The third kappa shape index (κ3) is 4.61. The van der Waals surface area contributed by atoms with Crippen molar-refractivity contribution in [1.29, 1.82) is 0 Å². The van der Waals surface area contributed by atoms with Crippen molar-refractivity contribution in [2.45, 2.75) is 25.2 Å². The van der Waals surface area contributed by atoms with E-state index in [0.29, 0.717) is 18.5 Å². The monoisotopic (exact) mass is 299 g/mol. The molecule has 0 aromatic heterocycles. The van der Waals surface area contributed by atoms with Gasteiger partial charge >= 0.3 is 0 Å². The second-order valence-corrected chi connectivity index (χ2v) is 7.09. The third-order valence-electron chi connectivity index (χ3n) is 3.11. The first-order chi connectivity index (χ1) is 9.25. The van der Waals surface area contributed by atoms with Gasteiger partial charge in [0.15, 0.2) is 9.84 Å². The first-order valence-corrected chi connectivity index (χ1v) is 8.34. The van der Waals surface area contributed by atoms with Crippen molar-refractivity contribution in [3.63, 3.8) is 0 Å². The van der Waals surface area contributed by atoms with E-state index in [1.807, 2.05) is 6.92 Å². The number of aliphatic hydroxyl groups excluding tert-OH is 1. The average Bonchev–Trinajstić information content (AvgIpc) is 2.35. The van der Waals surface area contributed by atoms with Crippen LogP contribution in [0.3, 0.4) is 0 Å². The van der Waals surface area contributed by atoms with Crippen LogP contribution in [0.25, 0.3) is 0 Å². The number of hydrogen-bond donors (Lipinski definition) is 2. The smallest absolute Gasteiger partial charge is 0.251 e. The Morgan fingerprint density at radius 1 is 1.40 bits per heavy atom. The molecule has 0 bridgehead atoms. The van der Waals surface area contributed by atoms with Gasteiger partial charge in [0.2, 0.25) is 0 Å². The molecule has 5 nitrogen and oxygen atoms in total. The van der Waals surface area contributed by atoms with Crippen LogP contribution in [-0.2, 0) is 9.84 Å². The van der Waals surface area contributed by atoms with Gasteiger partial charge in [0.05, 0.1) is 4.90 Å². The van der Waals surface area contributed by atoms with Crippen LogP contribution in [0.1, 0.15) is 29.3 Å². The van der Waals surface area contributed by atoms with Crippen molar-refractivity contribution in [1.82, 2.24) is 5.32 Å². The molecular formula is C14H21NO4S. The predicted octanol–water partition coefficient (Wildman–Crippen LogP) is 1.15. The zero-order chi connectivity index (χ0) is 15.3. The van der Waals surface area contributed by atoms with Gasteiger partial charge in [-0.05, 0) is 37.0 Å². The average molecular weight is 299 g/mol. The number of carbonyl (C=O) groups excluding carboxylic acids is 1. The Labute approximate surface area is 119 Å². The lowest BCUT2D eigenvalue weighted by molar-refractivity contribution is 0.0944. The van der Waals surface area contributed by atoms with Gasteiger partial charge < -0.3 is 10.4 Å². The molecule has 1 rings (SSSR count). The summed E-state index contributed by atoms with van der Waals surface area (Å²) >= 11 is 0. The molecule has 0 saturated heterocycles. The summed E-state index contributed by atoms with van der Waals surface area (Å²) < 4.78 is 23.0. The van der Waals surface area contributed by atoms with Gasteiger partial charge in [0.1, 0.15) is 0 Å². The molecule has 0 saturated carbocycles. The third-order valence-corrected chi connectivity index (χ3v) is 4.23. The summed E-state index contributed by atoms with van der Waals surface area (Å²) in [6.07, 6.45) is 1.73. The summed E-state index contributed by atoms with van der Waals surface area (Å²) in [7, 11) is -3.33. The summed E-state index contributed by atoms with van der Waals surface area (Å²) in [5.41, 5.74) is 1.09. The van der Waals surface area contributed by atoms with Gasteiger partial charge in [-0.3, -0.25) is 4.79 Å². The Balaban J connectivity index is 2.87. The summed E-state index contributed by atoms with van der Waals surface area (Å²) in [6, 6.07) is 4.52. The zero-order valence-corrected chi connectivity index (χ0v) is 12.8. The van der Waals surface area contributed by atoms with E-state index in [0.717, 1.165) is 11.8 Å². The highest BCUT2D eigenvalue weighted by atomic mass is 32.2. The molecule has 6 heteroatoms. The van der Waals surface area contributed by atoms with Crippen molar-refractivity contribution >= 4 is 15.7 Å². The lowest BCUT2D eigenvalue weighted by atomic mass is 10.1. The van der Waals surface area contributed by atoms with Crippen LogP contribution in [0.4, 0.5) is 0 Å². The van der Waals surface area contributed by atoms with E-state index in [1.54, 1.807) is 13.0 Å². The first kappa shape index (κ1) is 16.7. The SMILES string of the molecule is Cc1ccc(S(C)(=O)=O)cc1C(=O)NCC(C)CCO. The Bertz CT molecular complexity index is 581. The molecule has 1 amide bonds. The van der Waals surface area contributed by atoms with Gasteiger partial charge in [0.25, 0.3) is 5.91 Å². The van der Waals surface area contributed by atoms with Crippen LogP contribution in [0.2, 0.25) is 0 Å². The number of nitrogens with one attached hydrogen (secondary N) is 1. The largest absolute Gasteiger partial charge is 0.396 e. The van der Waals surface area contributed by atoms with E-state index in [2.05, 4.69) is 5.32 Å². The highest BCUT2D eigenvalue weighted by Gasteiger charge is 2.14. The number of carbonyl (C=O) groups is 1. The first-order valence-electron chi connectivity index (χ1n) is 6.45. The maximum Gasteiger partial charge on any atom is 0.251 e. The number of hydrogen-bond acceptors (Lipinski definition) is 4. The van der Waals surface area contributed by atoms with Crippen molar-refractivity contribution in [3.05, 3.63) is 29.3 Å². The molecule has 2 N–H and O–H groups in total. The second-order valence-electron chi connectivity index (χ2n) is 5.08. The standard InChI is InChI=1S/C14H21NO4S/c1-10(6-7-16)9-15-14(17)13-8-12(20(3,18)19)5-4-11(13)2/h4-5,8,10,16H,6-7,9H2,1-3H3,(H,15,17). The fourth-order valence-electron chi connectivity index (χ4n) is 1.76. The molecule has 0 aliphatic heterocycles. The molecule has 0 heterocycles. The highest BCUT2D eigenvalue weighted by Crippen LogP contribution is 2.15. The van der Waals surface area contributed by atoms with Gasteiger partial charge in [-0.1, -0.05) is 13.0 Å². The number of aryl methyl sites for hydroxylation is 1. The maximum absolute atomic E-state index is 12.1. The topological polar surface area (TPSA) is 83.5 Å². The molecule has 0 spiro atoms. The molecule has 0 aliphatic rings. The van der Waals surface area contributed by atoms with Crippen LogP contribution in [-0.4, -0.2) is 38.8 Å². The van der Waals surface area contributed by atoms with E-state index in [-0.39, 0.29) is 23.3 Å². The van der Waals surface area contributed by atoms with E-state index >= 15 is 0 Å². The summed E-state index contributed by atoms with van der Waals surface area (Å²) in [6.45, 7) is 4.22. The van der Waals surface area contributed by atoms with Crippen LogP contribution in [0.5, 0.6) is 0 Å². The minimum Gasteiger partial charge on any atom is -0.396 e. The molecule has 20 heavy (non-hydrogen) atoms. The number of amides is 1. The van der Waals surface area contributed by atoms with Gasteiger partial charge in [-0.15, -0.1) is 0 Å². The van der Waals surface area contributed by atoms with Crippen molar-refractivity contribution < 1.29 is 18.3 Å². The second kappa shape index (κ2) is 6.85. The fraction of sp³-hybridized carbons (Fsp3) is 0.500. The molecule has 0 radical (unpaired) electrons. The van der Waals surface area contributed by atoms with E-state index < -0.39 is 9.84 Å². The summed E-state index contributed by atoms with van der Waals surface area (Å²) in [4.78, 5) is 12.2. The predicted molar refractivity (Wildman–Crippen MR) is 77.5 cm³/mol. The van der Waals surface area contributed by atoms with Crippen molar-refractivity contribution in [2.24, 2.45) is 5.92 Å². The minimum absolute atomic E-state index is 0.0830. The zero-order valence-electron chi connectivity index (χ0n) is 12.0. The normalized spacial score (nSPS) is 13.0. The summed E-state index contributed by atoms with van der Waals surface area (Å²) in [5, 5.41) is 11.6. The Morgan fingerprint density at radius 3 is 2.60 bits per heavy atom. The maximum atomic E-state index is 12.1. The minimum atomic E-state index is -3.33. The molecule has 0 aliphatic carbocycles. The van der Waals surface area contributed by atoms with Crippen molar-refractivity contribution in [2.75, 3.05) is 19.4 Å². The molecule has 1 aromatic rings. The number of sulfone groups is 1. The summed E-state index contributed by atoms with van der Waals surface area (Å²) in [5.74, 6) is -0.125. The molecular weight excluding hydrogens is 278 g/mol.